The van der Waals surface area contributed by atoms with Crippen molar-refractivity contribution in [3.63, 3.8) is 0 Å². The highest BCUT2D eigenvalue weighted by atomic mass is 16.5. The second kappa shape index (κ2) is 5.97. The van der Waals surface area contributed by atoms with Crippen molar-refractivity contribution in [3.8, 4) is 0 Å². The van der Waals surface area contributed by atoms with Gasteiger partial charge < -0.3 is 19.9 Å². The number of nitrogens with two attached hydrogens (primary N) is 1. The van der Waals surface area contributed by atoms with E-state index in [1.54, 1.807) is 24.0 Å². The van der Waals surface area contributed by atoms with Gasteiger partial charge in [-0.05, 0) is 12.8 Å². The van der Waals surface area contributed by atoms with E-state index in [-0.39, 0.29) is 11.7 Å². The van der Waals surface area contributed by atoms with Crippen molar-refractivity contribution in [1.29, 1.82) is 0 Å². The second-order valence-corrected chi connectivity index (χ2v) is 4.51. The van der Waals surface area contributed by atoms with Crippen molar-refractivity contribution in [2.45, 2.75) is 18.9 Å². The molecule has 1 aliphatic rings. The first kappa shape index (κ1) is 13.0. The fourth-order valence-electron chi connectivity index (χ4n) is 2.17. The van der Waals surface area contributed by atoms with Gasteiger partial charge in [0.2, 0.25) is 0 Å². The van der Waals surface area contributed by atoms with Gasteiger partial charge in [-0.25, -0.2) is 4.98 Å². The van der Waals surface area contributed by atoms with Crippen molar-refractivity contribution < 1.29 is 4.74 Å². The zero-order valence-electron chi connectivity index (χ0n) is 10.7. The predicted octanol–water partition coefficient (Wildman–Crippen LogP) is -0.276. The average Bonchev–Trinajstić information content (AvgIpc) is 2.40. The highest BCUT2D eigenvalue weighted by Crippen LogP contribution is 2.16. The van der Waals surface area contributed by atoms with Crippen LogP contribution in [0.15, 0.2) is 17.2 Å². The molecule has 100 valence electrons. The number of hydrogen-bond acceptors (Lipinski definition) is 5. The zero-order chi connectivity index (χ0) is 13.0. The molecule has 1 aromatic rings. The maximum atomic E-state index is 11.9. The molecule has 2 rings (SSSR count). The molecule has 1 aliphatic heterocycles. The molecule has 0 unspecified atom stereocenters. The van der Waals surface area contributed by atoms with Gasteiger partial charge in [0.25, 0.3) is 5.56 Å². The van der Waals surface area contributed by atoms with Crippen molar-refractivity contribution in [3.05, 3.63) is 22.7 Å². The summed E-state index contributed by atoms with van der Waals surface area (Å²) in [5.41, 5.74) is 5.37. The summed E-state index contributed by atoms with van der Waals surface area (Å²) in [4.78, 5) is 18.1. The Bertz CT molecular complexity index is 438. The smallest absolute Gasteiger partial charge is 0.293 e. The van der Waals surface area contributed by atoms with E-state index in [1.165, 1.54) is 0 Å². The first-order valence-corrected chi connectivity index (χ1v) is 6.30. The minimum atomic E-state index is -0.0428. The molecule has 0 saturated carbocycles. The minimum absolute atomic E-state index is 0.0428. The summed E-state index contributed by atoms with van der Waals surface area (Å²) in [6.07, 6.45) is 5.42. The van der Waals surface area contributed by atoms with Crippen LogP contribution in [-0.2, 0) is 11.8 Å². The standard InChI is InChI=1S/C12H20N4O2/c1-15-8-5-14-11(12(15)17)16-6-2-10(3-7-16)18-9-4-13/h5,8,10H,2-4,6-7,9,13H2,1H3. The Balaban J connectivity index is 1.97. The Morgan fingerprint density at radius 1 is 1.50 bits per heavy atom. The van der Waals surface area contributed by atoms with Crippen molar-refractivity contribution in [1.82, 2.24) is 9.55 Å². The number of ether oxygens (including phenoxy) is 1. The maximum absolute atomic E-state index is 11.9. The van der Waals surface area contributed by atoms with Gasteiger partial charge in [-0.3, -0.25) is 4.79 Å². The molecule has 2 N–H and O–H groups in total. The minimum Gasteiger partial charge on any atom is -0.377 e. The number of aryl methyl sites for hydroxylation is 1. The van der Waals surface area contributed by atoms with Crippen LogP contribution in [0.2, 0.25) is 0 Å². The molecule has 0 bridgehead atoms. The third kappa shape index (κ3) is 2.88. The largest absolute Gasteiger partial charge is 0.377 e. The summed E-state index contributed by atoms with van der Waals surface area (Å²) in [6, 6.07) is 0. The van der Waals surface area contributed by atoms with Gasteiger partial charge in [-0.2, -0.15) is 0 Å². The lowest BCUT2D eigenvalue weighted by Gasteiger charge is -2.32. The van der Waals surface area contributed by atoms with E-state index in [9.17, 15) is 4.79 Å². The lowest BCUT2D eigenvalue weighted by atomic mass is 10.1. The number of anilines is 1. The van der Waals surface area contributed by atoms with Gasteiger partial charge in [0.15, 0.2) is 5.82 Å². The average molecular weight is 252 g/mol. The van der Waals surface area contributed by atoms with Crippen LogP contribution < -0.4 is 16.2 Å². The van der Waals surface area contributed by atoms with Crippen LogP contribution in [0.3, 0.4) is 0 Å². The topological polar surface area (TPSA) is 73.4 Å². The monoisotopic (exact) mass is 252 g/mol. The van der Waals surface area contributed by atoms with Crippen LogP contribution in [0.5, 0.6) is 0 Å². The Kier molecular flexibility index (Phi) is 4.33. The van der Waals surface area contributed by atoms with Crippen LogP contribution in [0, 0.1) is 0 Å². The summed E-state index contributed by atoms with van der Waals surface area (Å²) in [7, 11) is 1.74. The molecular formula is C12H20N4O2. The van der Waals surface area contributed by atoms with Crippen molar-refractivity contribution in [2.24, 2.45) is 12.8 Å². The molecule has 6 heteroatoms. The Morgan fingerprint density at radius 2 is 2.22 bits per heavy atom. The lowest BCUT2D eigenvalue weighted by Crippen LogP contribution is -2.41. The van der Waals surface area contributed by atoms with Gasteiger partial charge in [-0.1, -0.05) is 0 Å². The molecule has 0 amide bonds. The Hall–Kier alpha value is -1.40. The number of rotatable bonds is 4. The molecule has 1 aromatic heterocycles. The fraction of sp³-hybridized carbons (Fsp3) is 0.667. The number of piperidine rings is 1. The van der Waals surface area contributed by atoms with E-state index in [0.29, 0.717) is 19.0 Å². The molecular weight excluding hydrogens is 232 g/mol. The predicted molar refractivity (Wildman–Crippen MR) is 69.7 cm³/mol. The SMILES string of the molecule is Cn1ccnc(N2CCC(OCCN)CC2)c1=O. The first-order chi connectivity index (χ1) is 8.72. The molecule has 0 atom stereocenters. The van der Waals surface area contributed by atoms with E-state index in [2.05, 4.69) is 4.98 Å². The zero-order valence-corrected chi connectivity index (χ0v) is 10.7. The van der Waals surface area contributed by atoms with E-state index in [1.807, 2.05) is 4.90 Å². The molecule has 18 heavy (non-hydrogen) atoms. The third-order valence-corrected chi connectivity index (χ3v) is 3.21. The van der Waals surface area contributed by atoms with E-state index in [0.717, 1.165) is 25.9 Å². The van der Waals surface area contributed by atoms with Gasteiger partial charge in [0, 0.05) is 39.1 Å². The molecule has 1 saturated heterocycles. The normalized spacial score (nSPS) is 17.1. The highest BCUT2D eigenvalue weighted by Gasteiger charge is 2.22. The molecule has 1 fully saturated rings. The highest BCUT2D eigenvalue weighted by molar-refractivity contribution is 5.36. The lowest BCUT2D eigenvalue weighted by molar-refractivity contribution is 0.0420. The summed E-state index contributed by atoms with van der Waals surface area (Å²) in [5, 5.41) is 0. The van der Waals surface area contributed by atoms with Crippen LogP contribution in [-0.4, -0.2) is 41.9 Å². The van der Waals surface area contributed by atoms with Crippen molar-refractivity contribution >= 4 is 5.82 Å². The molecule has 2 heterocycles. The molecule has 6 nitrogen and oxygen atoms in total. The number of nitrogens with zero attached hydrogens (tertiary/aromatic N) is 3. The Labute approximate surface area is 106 Å². The molecule has 0 radical (unpaired) electrons. The molecule has 0 aromatic carbocycles. The van der Waals surface area contributed by atoms with Crippen LogP contribution in [0.1, 0.15) is 12.8 Å². The maximum Gasteiger partial charge on any atom is 0.293 e. The first-order valence-electron chi connectivity index (χ1n) is 6.30. The van der Waals surface area contributed by atoms with Crippen LogP contribution in [0.4, 0.5) is 5.82 Å². The molecule has 0 aliphatic carbocycles. The van der Waals surface area contributed by atoms with Crippen LogP contribution in [0.25, 0.3) is 0 Å². The summed E-state index contributed by atoms with van der Waals surface area (Å²) >= 11 is 0. The van der Waals surface area contributed by atoms with Gasteiger partial charge in [-0.15, -0.1) is 0 Å². The summed E-state index contributed by atoms with van der Waals surface area (Å²) < 4.78 is 7.17. The summed E-state index contributed by atoms with van der Waals surface area (Å²) in [6.45, 7) is 2.78. The molecule has 0 spiro atoms. The second-order valence-electron chi connectivity index (χ2n) is 4.51. The van der Waals surface area contributed by atoms with Crippen LogP contribution >= 0.6 is 0 Å². The number of aromatic nitrogens is 2. The van der Waals surface area contributed by atoms with Gasteiger partial charge >= 0.3 is 0 Å². The van der Waals surface area contributed by atoms with E-state index >= 15 is 0 Å². The van der Waals surface area contributed by atoms with Crippen molar-refractivity contribution in [2.75, 3.05) is 31.1 Å². The summed E-state index contributed by atoms with van der Waals surface area (Å²) in [5.74, 6) is 0.539. The Morgan fingerprint density at radius 3 is 2.89 bits per heavy atom. The van der Waals surface area contributed by atoms with Gasteiger partial charge in [0.05, 0.1) is 12.7 Å². The fourth-order valence-corrected chi connectivity index (χ4v) is 2.17. The van der Waals surface area contributed by atoms with E-state index < -0.39 is 0 Å². The van der Waals surface area contributed by atoms with Gasteiger partial charge in [0.1, 0.15) is 0 Å². The number of hydrogen-bond donors (Lipinski definition) is 1. The quantitative estimate of drug-likeness (QED) is 0.798. The van der Waals surface area contributed by atoms with E-state index in [4.69, 9.17) is 10.5 Å². The third-order valence-electron chi connectivity index (χ3n) is 3.21.